The number of carbonyl (C=O) groups excluding carboxylic acids is 1. The zero-order valence-electron chi connectivity index (χ0n) is 7.09. The molecule has 2 rings (SSSR count). The van der Waals surface area contributed by atoms with Crippen molar-refractivity contribution >= 4 is 45.7 Å². The van der Waals surface area contributed by atoms with Gasteiger partial charge in [-0.05, 0) is 40.3 Å². The van der Waals surface area contributed by atoms with E-state index in [1.54, 1.807) is 12.1 Å². The van der Waals surface area contributed by atoms with Gasteiger partial charge in [-0.2, -0.15) is 0 Å². The lowest BCUT2D eigenvalue weighted by atomic mass is 10.1. The summed E-state index contributed by atoms with van der Waals surface area (Å²) in [4.78, 5) is 11.1. The van der Waals surface area contributed by atoms with Crippen molar-refractivity contribution in [3.05, 3.63) is 38.4 Å². The molecule has 0 atom stereocenters. The highest BCUT2D eigenvalue weighted by molar-refractivity contribution is 14.1. The van der Waals surface area contributed by atoms with Crippen molar-refractivity contribution in [1.29, 1.82) is 0 Å². The van der Waals surface area contributed by atoms with Crippen LogP contribution in [0.3, 0.4) is 0 Å². The Morgan fingerprint density at radius 3 is 2.43 bits per heavy atom. The minimum atomic E-state index is -0.240. The summed E-state index contributed by atoms with van der Waals surface area (Å²) in [5, 5.41) is 0.689. The third kappa shape index (κ3) is 1.79. The molecule has 1 heterocycles. The second kappa shape index (κ2) is 3.90. The van der Waals surface area contributed by atoms with E-state index < -0.39 is 0 Å². The van der Waals surface area contributed by atoms with E-state index in [1.807, 2.05) is 34.7 Å². The van der Waals surface area contributed by atoms with E-state index in [9.17, 15) is 4.79 Å². The van der Waals surface area contributed by atoms with Crippen LogP contribution in [0.4, 0.5) is 0 Å². The van der Waals surface area contributed by atoms with Gasteiger partial charge in [0.05, 0.1) is 0 Å². The van der Waals surface area contributed by atoms with Gasteiger partial charge < -0.3 is 4.74 Å². The third-order valence-electron chi connectivity index (χ3n) is 1.98. The summed E-state index contributed by atoms with van der Waals surface area (Å²) < 4.78 is 5.57. The summed E-state index contributed by atoms with van der Waals surface area (Å²) >= 11 is 7.77. The molecule has 2 nitrogen and oxygen atoms in total. The molecule has 0 fully saturated rings. The lowest BCUT2D eigenvalue weighted by molar-refractivity contribution is -0.134. The smallest absolute Gasteiger partial charge is 0.345 e. The number of halogens is 2. The molecule has 0 aliphatic carbocycles. The van der Waals surface area contributed by atoms with Gasteiger partial charge in [0.25, 0.3) is 0 Å². The Labute approximate surface area is 100 Å². The van der Waals surface area contributed by atoms with Gasteiger partial charge in [0.1, 0.15) is 10.2 Å². The molecule has 1 aliphatic rings. The van der Waals surface area contributed by atoms with Crippen LogP contribution in [0, 0.1) is 0 Å². The van der Waals surface area contributed by atoms with Crippen LogP contribution in [0.1, 0.15) is 5.56 Å². The van der Waals surface area contributed by atoms with Gasteiger partial charge in [0.15, 0.2) is 0 Å². The van der Waals surface area contributed by atoms with E-state index in [0.717, 1.165) is 11.1 Å². The first-order valence-corrected chi connectivity index (χ1v) is 5.46. The third-order valence-corrected chi connectivity index (χ3v) is 3.33. The fraction of sp³-hybridized carbons (Fsp3) is 0.100. The van der Waals surface area contributed by atoms with Crippen LogP contribution in [0.2, 0.25) is 5.02 Å². The second-order valence-corrected chi connectivity index (χ2v) is 4.39. The summed E-state index contributed by atoms with van der Waals surface area (Å²) in [6.45, 7) is 0.360. The Morgan fingerprint density at radius 2 is 1.93 bits per heavy atom. The first-order chi connectivity index (χ1) is 6.68. The predicted octanol–water partition coefficient (Wildman–Crippen LogP) is 3.04. The number of esters is 1. The monoisotopic (exact) mass is 320 g/mol. The van der Waals surface area contributed by atoms with E-state index in [2.05, 4.69) is 0 Å². The van der Waals surface area contributed by atoms with Gasteiger partial charge in [0, 0.05) is 10.6 Å². The minimum Gasteiger partial charge on any atom is -0.457 e. The van der Waals surface area contributed by atoms with Crippen molar-refractivity contribution in [2.45, 2.75) is 0 Å². The van der Waals surface area contributed by atoms with E-state index in [1.165, 1.54) is 0 Å². The largest absolute Gasteiger partial charge is 0.457 e. The molecule has 4 heteroatoms. The van der Waals surface area contributed by atoms with Crippen molar-refractivity contribution in [3.8, 4) is 0 Å². The SMILES string of the molecule is O=C1OCC(c2ccc(Cl)cc2)=C1I. The molecule has 1 aromatic rings. The topological polar surface area (TPSA) is 26.3 Å². The molecular formula is C10H6ClIO2. The molecule has 14 heavy (non-hydrogen) atoms. The summed E-state index contributed by atoms with van der Waals surface area (Å²) in [5.41, 5.74) is 1.93. The van der Waals surface area contributed by atoms with Gasteiger partial charge in [-0.25, -0.2) is 4.79 Å². The van der Waals surface area contributed by atoms with Crippen molar-refractivity contribution in [2.24, 2.45) is 0 Å². The quantitative estimate of drug-likeness (QED) is 0.587. The maximum atomic E-state index is 11.1. The van der Waals surface area contributed by atoms with Crippen LogP contribution in [0.5, 0.6) is 0 Å². The summed E-state index contributed by atoms with van der Waals surface area (Å²) in [6, 6.07) is 7.38. The van der Waals surface area contributed by atoms with Crippen molar-refractivity contribution in [3.63, 3.8) is 0 Å². The van der Waals surface area contributed by atoms with Gasteiger partial charge >= 0.3 is 5.97 Å². The first kappa shape index (κ1) is 9.98. The molecule has 1 aromatic carbocycles. The first-order valence-electron chi connectivity index (χ1n) is 4.00. The van der Waals surface area contributed by atoms with E-state index in [4.69, 9.17) is 16.3 Å². The van der Waals surface area contributed by atoms with Gasteiger partial charge in [-0.1, -0.05) is 23.7 Å². The van der Waals surface area contributed by atoms with E-state index >= 15 is 0 Å². The molecule has 0 N–H and O–H groups in total. The Hall–Kier alpha value is -0.550. The number of hydrogen-bond donors (Lipinski definition) is 0. The Bertz CT molecular complexity index is 409. The molecule has 72 valence electrons. The average Bonchev–Trinajstić information content (AvgIpc) is 2.50. The van der Waals surface area contributed by atoms with Gasteiger partial charge in [-0.3, -0.25) is 0 Å². The van der Waals surface area contributed by atoms with E-state index in [0.29, 0.717) is 15.2 Å². The number of ether oxygens (including phenoxy) is 1. The maximum Gasteiger partial charge on any atom is 0.345 e. The number of carbonyl (C=O) groups is 1. The average molecular weight is 321 g/mol. The number of rotatable bonds is 1. The summed E-state index contributed by atoms with van der Waals surface area (Å²) in [6.07, 6.45) is 0. The summed E-state index contributed by atoms with van der Waals surface area (Å²) in [5.74, 6) is -0.240. The van der Waals surface area contributed by atoms with Crippen molar-refractivity contribution in [1.82, 2.24) is 0 Å². The molecule has 0 bridgehead atoms. The predicted molar refractivity (Wildman–Crippen MR) is 63.4 cm³/mol. The van der Waals surface area contributed by atoms with Crippen LogP contribution < -0.4 is 0 Å². The molecular weight excluding hydrogens is 314 g/mol. The Balaban J connectivity index is 2.41. The molecule has 0 saturated carbocycles. The van der Waals surface area contributed by atoms with Crippen LogP contribution in [-0.4, -0.2) is 12.6 Å². The fourth-order valence-electron chi connectivity index (χ4n) is 1.25. The number of benzene rings is 1. The molecule has 0 unspecified atom stereocenters. The minimum absolute atomic E-state index is 0.240. The van der Waals surface area contributed by atoms with Crippen LogP contribution in [0.15, 0.2) is 27.8 Å². The lowest BCUT2D eigenvalue weighted by Crippen LogP contribution is -1.93. The molecule has 0 aromatic heterocycles. The van der Waals surface area contributed by atoms with Gasteiger partial charge in [0.2, 0.25) is 0 Å². The normalized spacial score (nSPS) is 16.0. The molecule has 0 saturated heterocycles. The summed E-state index contributed by atoms with van der Waals surface area (Å²) in [7, 11) is 0. The Kier molecular flexibility index (Phi) is 2.78. The van der Waals surface area contributed by atoms with E-state index in [-0.39, 0.29) is 5.97 Å². The highest BCUT2D eigenvalue weighted by Gasteiger charge is 2.23. The van der Waals surface area contributed by atoms with Crippen LogP contribution >= 0.6 is 34.2 Å². The fourth-order valence-corrected chi connectivity index (χ4v) is 2.00. The van der Waals surface area contributed by atoms with Crippen LogP contribution in [0.25, 0.3) is 5.57 Å². The zero-order chi connectivity index (χ0) is 10.1. The molecule has 0 spiro atoms. The lowest BCUT2D eigenvalue weighted by Gasteiger charge is -2.00. The van der Waals surface area contributed by atoms with Crippen molar-refractivity contribution in [2.75, 3.05) is 6.61 Å². The van der Waals surface area contributed by atoms with Gasteiger partial charge in [-0.15, -0.1) is 0 Å². The Morgan fingerprint density at radius 1 is 1.29 bits per heavy atom. The molecule has 0 radical (unpaired) electrons. The second-order valence-electron chi connectivity index (χ2n) is 2.88. The zero-order valence-corrected chi connectivity index (χ0v) is 10.0. The van der Waals surface area contributed by atoms with Crippen molar-refractivity contribution < 1.29 is 9.53 Å². The maximum absolute atomic E-state index is 11.1. The highest BCUT2D eigenvalue weighted by atomic mass is 127. The molecule has 1 aliphatic heterocycles. The van der Waals surface area contributed by atoms with Crippen LogP contribution in [-0.2, 0) is 9.53 Å². The molecule has 0 amide bonds. The highest BCUT2D eigenvalue weighted by Crippen LogP contribution is 2.30. The number of hydrogen-bond acceptors (Lipinski definition) is 2. The standard InChI is InChI=1S/C10H6ClIO2/c11-7-3-1-6(2-4-7)8-5-14-10(13)9(8)12/h1-4H,5H2. The number of cyclic esters (lactones) is 1.